The molecule has 172 valence electrons. The van der Waals surface area contributed by atoms with E-state index in [1.165, 1.54) is 6.33 Å². The zero-order valence-electron chi connectivity index (χ0n) is 19.0. The van der Waals surface area contributed by atoms with Crippen molar-refractivity contribution in [1.29, 1.82) is 0 Å². The van der Waals surface area contributed by atoms with Gasteiger partial charge >= 0.3 is 0 Å². The highest BCUT2D eigenvalue weighted by Gasteiger charge is 2.51. The zero-order chi connectivity index (χ0) is 23.3. The molecule has 3 aromatic rings. The van der Waals surface area contributed by atoms with Crippen LogP contribution in [0, 0.1) is 0 Å². The number of hydrogen-bond donors (Lipinski definition) is 2. The molecule has 0 saturated carbocycles. The van der Waals surface area contributed by atoms with Crippen LogP contribution < -0.4 is 10.6 Å². The second-order valence-electron chi connectivity index (χ2n) is 9.53. The predicted molar refractivity (Wildman–Crippen MR) is 128 cm³/mol. The van der Waals surface area contributed by atoms with Crippen molar-refractivity contribution in [1.82, 2.24) is 19.9 Å². The van der Waals surface area contributed by atoms with Crippen LogP contribution in [0.3, 0.4) is 0 Å². The number of nitrogens with one attached hydrogen (secondary N) is 2. The molecular weight excluding hydrogens is 428 g/mol. The van der Waals surface area contributed by atoms with Crippen molar-refractivity contribution in [3.8, 4) is 0 Å². The maximum atomic E-state index is 13.0. The second kappa shape index (κ2) is 7.90. The van der Waals surface area contributed by atoms with Gasteiger partial charge in [-0.3, -0.25) is 9.59 Å². The minimum absolute atomic E-state index is 0.0119. The summed E-state index contributed by atoms with van der Waals surface area (Å²) in [5.74, 6) is 1.20. The van der Waals surface area contributed by atoms with Gasteiger partial charge in [0.1, 0.15) is 23.7 Å². The zero-order valence-corrected chi connectivity index (χ0v) is 19.0. The molecule has 1 fully saturated rings. The molecule has 2 atom stereocenters. The molecule has 3 aliphatic rings. The molecule has 1 aliphatic carbocycles. The van der Waals surface area contributed by atoms with Crippen LogP contribution in [0.4, 0.5) is 17.3 Å². The molecule has 2 unspecified atom stereocenters. The van der Waals surface area contributed by atoms with E-state index in [1.807, 2.05) is 23.1 Å². The van der Waals surface area contributed by atoms with Crippen LogP contribution in [0.1, 0.15) is 53.4 Å². The Labute approximate surface area is 197 Å². The third-order valence-electron chi connectivity index (χ3n) is 7.40. The largest absolute Gasteiger partial charge is 0.340 e. The van der Waals surface area contributed by atoms with E-state index in [1.54, 1.807) is 12.3 Å². The van der Waals surface area contributed by atoms with Crippen LogP contribution in [0.25, 0.3) is 0 Å². The maximum absolute atomic E-state index is 13.0. The van der Waals surface area contributed by atoms with Crippen LogP contribution >= 0.6 is 0 Å². The van der Waals surface area contributed by atoms with Gasteiger partial charge in [0.05, 0.1) is 5.41 Å². The Morgan fingerprint density at radius 2 is 2.00 bits per heavy atom. The predicted octanol–water partition coefficient (Wildman–Crippen LogP) is 3.62. The SMILES string of the molecule is CC1CCCCN1C(=O)c1cc(Nc2ccc3c(c2)CC2(C3)C(=O)Nc3ncccc32)ncn1. The Kier molecular flexibility index (Phi) is 4.83. The van der Waals surface area contributed by atoms with Gasteiger partial charge in [0, 0.05) is 36.1 Å². The summed E-state index contributed by atoms with van der Waals surface area (Å²) in [4.78, 5) is 40.7. The molecule has 4 heterocycles. The molecule has 6 rings (SSSR count). The number of anilines is 3. The highest BCUT2D eigenvalue weighted by Crippen LogP contribution is 2.47. The molecule has 2 amide bonds. The summed E-state index contributed by atoms with van der Waals surface area (Å²) in [7, 11) is 0. The molecule has 2 N–H and O–H groups in total. The highest BCUT2D eigenvalue weighted by molar-refractivity contribution is 6.06. The number of nitrogens with zero attached hydrogens (tertiary/aromatic N) is 4. The molecule has 8 heteroatoms. The summed E-state index contributed by atoms with van der Waals surface area (Å²) in [6.45, 7) is 2.86. The first kappa shape index (κ1) is 20.8. The number of carbonyl (C=O) groups is 2. The van der Waals surface area contributed by atoms with E-state index >= 15 is 0 Å². The van der Waals surface area contributed by atoms with Crippen molar-refractivity contribution in [2.75, 3.05) is 17.2 Å². The molecule has 2 aromatic heterocycles. The summed E-state index contributed by atoms with van der Waals surface area (Å²) in [6, 6.07) is 11.9. The number of amides is 2. The standard InChI is InChI=1S/C26H26N6O2/c1-16-5-2-3-10-32(16)24(33)21-12-22(29-15-28-21)30-19-8-7-17-13-26(14-18(17)11-19)20-6-4-9-27-23(20)31-25(26)34/h4,6-9,11-12,15-16H,2-3,5,10,13-14H2,1H3,(H,27,31,34)(H,28,29,30). The van der Waals surface area contributed by atoms with Gasteiger partial charge in [-0.1, -0.05) is 12.1 Å². The number of hydrogen-bond acceptors (Lipinski definition) is 6. The van der Waals surface area contributed by atoms with Gasteiger partial charge in [-0.05, 0) is 68.4 Å². The fraction of sp³-hybridized carbons (Fsp3) is 0.346. The van der Waals surface area contributed by atoms with Crippen LogP contribution in [0.15, 0.2) is 48.9 Å². The second-order valence-corrected chi connectivity index (χ2v) is 9.53. The molecule has 2 aliphatic heterocycles. The molecule has 0 radical (unpaired) electrons. The fourth-order valence-electron chi connectivity index (χ4n) is 5.58. The smallest absolute Gasteiger partial charge is 0.272 e. The summed E-state index contributed by atoms with van der Waals surface area (Å²) in [5.41, 5.74) is 3.93. The van der Waals surface area contributed by atoms with Crippen molar-refractivity contribution in [3.05, 3.63) is 71.3 Å². The van der Waals surface area contributed by atoms with Crippen LogP contribution in [-0.4, -0.2) is 44.3 Å². The van der Waals surface area contributed by atoms with E-state index in [9.17, 15) is 9.59 Å². The third kappa shape index (κ3) is 3.32. The summed E-state index contributed by atoms with van der Waals surface area (Å²) >= 11 is 0. The number of carbonyl (C=O) groups excluding carboxylic acids is 2. The van der Waals surface area contributed by atoms with Gasteiger partial charge in [-0.25, -0.2) is 15.0 Å². The summed E-state index contributed by atoms with van der Waals surface area (Å²) in [5, 5.41) is 6.27. The number of rotatable bonds is 3. The summed E-state index contributed by atoms with van der Waals surface area (Å²) in [6.07, 6.45) is 7.63. The first-order valence-electron chi connectivity index (χ1n) is 11.8. The Bertz CT molecular complexity index is 1310. The van der Waals surface area contributed by atoms with Gasteiger partial charge in [-0.15, -0.1) is 0 Å². The number of aromatic nitrogens is 3. The topological polar surface area (TPSA) is 100 Å². The number of piperidine rings is 1. The molecule has 1 aromatic carbocycles. The van der Waals surface area contributed by atoms with E-state index in [0.29, 0.717) is 30.2 Å². The Morgan fingerprint density at radius 3 is 2.88 bits per heavy atom. The van der Waals surface area contributed by atoms with Crippen molar-refractivity contribution >= 4 is 29.1 Å². The molecule has 34 heavy (non-hydrogen) atoms. The van der Waals surface area contributed by atoms with E-state index in [2.05, 4.69) is 44.6 Å². The first-order chi connectivity index (χ1) is 16.5. The van der Waals surface area contributed by atoms with Gasteiger partial charge in [-0.2, -0.15) is 0 Å². The number of benzene rings is 1. The van der Waals surface area contributed by atoms with E-state index in [0.717, 1.165) is 48.2 Å². The van der Waals surface area contributed by atoms with E-state index in [-0.39, 0.29) is 17.9 Å². The lowest BCUT2D eigenvalue weighted by Crippen LogP contribution is -2.42. The quantitative estimate of drug-likeness (QED) is 0.627. The highest BCUT2D eigenvalue weighted by atomic mass is 16.2. The van der Waals surface area contributed by atoms with Gasteiger partial charge in [0.25, 0.3) is 5.91 Å². The van der Waals surface area contributed by atoms with Crippen molar-refractivity contribution in [2.45, 2.75) is 50.5 Å². The normalized spacial score (nSPS) is 22.9. The third-order valence-corrected chi connectivity index (χ3v) is 7.40. The number of likely N-dealkylation sites (tertiary alicyclic amines) is 1. The monoisotopic (exact) mass is 454 g/mol. The minimum Gasteiger partial charge on any atom is -0.340 e. The van der Waals surface area contributed by atoms with Crippen molar-refractivity contribution in [2.24, 2.45) is 0 Å². The van der Waals surface area contributed by atoms with Crippen LogP contribution in [-0.2, 0) is 23.1 Å². The number of pyridine rings is 1. The molecule has 1 saturated heterocycles. The average molecular weight is 455 g/mol. The fourth-order valence-corrected chi connectivity index (χ4v) is 5.58. The van der Waals surface area contributed by atoms with Crippen LogP contribution in [0.5, 0.6) is 0 Å². The minimum atomic E-state index is -0.593. The van der Waals surface area contributed by atoms with Gasteiger partial charge < -0.3 is 15.5 Å². The molecule has 1 spiro atoms. The van der Waals surface area contributed by atoms with Gasteiger partial charge in [0.2, 0.25) is 5.91 Å². The lowest BCUT2D eigenvalue weighted by molar-refractivity contribution is -0.120. The van der Waals surface area contributed by atoms with E-state index < -0.39 is 5.41 Å². The maximum Gasteiger partial charge on any atom is 0.272 e. The lowest BCUT2D eigenvalue weighted by atomic mass is 9.79. The van der Waals surface area contributed by atoms with Crippen molar-refractivity contribution in [3.63, 3.8) is 0 Å². The van der Waals surface area contributed by atoms with E-state index in [4.69, 9.17) is 0 Å². The number of fused-ring (bicyclic) bond motifs is 3. The molecular formula is C26H26N6O2. The lowest BCUT2D eigenvalue weighted by Gasteiger charge is -2.33. The summed E-state index contributed by atoms with van der Waals surface area (Å²) < 4.78 is 0. The Balaban J connectivity index is 1.23. The first-order valence-corrected chi connectivity index (χ1v) is 11.8. The Morgan fingerprint density at radius 1 is 1.12 bits per heavy atom. The Hall–Kier alpha value is -3.81. The van der Waals surface area contributed by atoms with Gasteiger partial charge in [0.15, 0.2) is 0 Å². The van der Waals surface area contributed by atoms with Crippen molar-refractivity contribution < 1.29 is 9.59 Å². The average Bonchev–Trinajstić information content (AvgIpc) is 3.36. The molecule has 0 bridgehead atoms. The van der Waals surface area contributed by atoms with Crippen LogP contribution in [0.2, 0.25) is 0 Å². The molecule has 8 nitrogen and oxygen atoms in total.